The van der Waals surface area contributed by atoms with Gasteiger partial charge in [-0.15, -0.1) is 11.3 Å². The van der Waals surface area contributed by atoms with Gasteiger partial charge in [0.1, 0.15) is 5.82 Å². The second-order valence-electron chi connectivity index (χ2n) is 4.20. The first kappa shape index (κ1) is 13.1. The van der Waals surface area contributed by atoms with Crippen LogP contribution in [0.4, 0.5) is 10.1 Å². The summed E-state index contributed by atoms with van der Waals surface area (Å²) in [5.41, 5.74) is 1.66. The maximum Gasteiger partial charge on any atom is 0.129 e. The van der Waals surface area contributed by atoms with Gasteiger partial charge in [-0.1, -0.05) is 12.1 Å². The van der Waals surface area contributed by atoms with Crippen molar-refractivity contribution in [3.63, 3.8) is 0 Å². The van der Waals surface area contributed by atoms with Crippen LogP contribution >= 0.6 is 11.3 Å². The first-order chi connectivity index (χ1) is 8.72. The van der Waals surface area contributed by atoms with Gasteiger partial charge < -0.3 is 10.2 Å². The first-order valence-corrected chi connectivity index (χ1v) is 6.76. The maximum absolute atomic E-state index is 13.8. The molecule has 1 aromatic carbocycles. The highest BCUT2D eigenvalue weighted by atomic mass is 32.1. The molecule has 0 aliphatic heterocycles. The summed E-state index contributed by atoms with van der Waals surface area (Å²) in [4.78, 5) is 3.36. The maximum atomic E-state index is 13.8. The molecule has 2 aromatic rings. The molecule has 1 heterocycles. The molecule has 0 aliphatic carbocycles. The third-order valence-electron chi connectivity index (χ3n) is 2.83. The van der Waals surface area contributed by atoms with Crippen molar-refractivity contribution < 1.29 is 4.39 Å². The molecule has 1 aromatic heterocycles. The van der Waals surface area contributed by atoms with Crippen LogP contribution in [0.25, 0.3) is 0 Å². The molecule has 0 fully saturated rings. The van der Waals surface area contributed by atoms with Gasteiger partial charge in [-0.25, -0.2) is 4.39 Å². The summed E-state index contributed by atoms with van der Waals surface area (Å²) in [5, 5.41) is 5.07. The van der Waals surface area contributed by atoms with Crippen LogP contribution in [0.3, 0.4) is 0 Å². The zero-order valence-electron chi connectivity index (χ0n) is 10.6. The van der Waals surface area contributed by atoms with Crippen LogP contribution in [0.2, 0.25) is 0 Å². The van der Waals surface area contributed by atoms with E-state index in [2.05, 4.69) is 21.7 Å². The predicted molar refractivity (Wildman–Crippen MR) is 75.6 cm³/mol. The second kappa shape index (κ2) is 5.98. The van der Waals surface area contributed by atoms with Crippen LogP contribution in [0.5, 0.6) is 0 Å². The molecule has 2 rings (SSSR count). The molecule has 0 aliphatic rings. The van der Waals surface area contributed by atoms with Gasteiger partial charge in [0, 0.05) is 29.7 Å². The van der Waals surface area contributed by atoms with Gasteiger partial charge in [-0.3, -0.25) is 0 Å². The van der Waals surface area contributed by atoms with Gasteiger partial charge in [0.25, 0.3) is 0 Å². The topological polar surface area (TPSA) is 15.3 Å². The molecule has 0 atom stereocenters. The minimum Gasteiger partial charge on any atom is -0.369 e. The lowest BCUT2D eigenvalue weighted by atomic mass is 10.1. The highest BCUT2D eigenvalue weighted by Crippen LogP contribution is 2.24. The van der Waals surface area contributed by atoms with Crippen molar-refractivity contribution in [1.29, 1.82) is 0 Å². The fourth-order valence-corrected chi connectivity index (χ4v) is 2.74. The van der Waals surface area contributed by atoms with E-state index in [1.807, 2.05) is 26.2 Å². The summed E-state index contributed by atoms with van der Waals surface area (Å²) in [5.74, 6) is -0.153. The number of halogens is 1. The minimum atomic E-state index is -0.153. The van der Waals surface area contributed by atoms with Gasteiger partial charge in [-0.05, 0) is 30.6 Å². The smallest absolute Gasteiger partial charge is 0.129 e. The molecule has 0 bridgehead atoms. The number of hydrogen-bond donors (Lipinski definition) is 1. The molecular weight excluding hydrogens is 247 g/mol. The molecule has 18 heavy (non-hydrogen) atoms. The summed E-state index contributed by atoms with van der Waals surface area (Å²) in [6.07, 6.45) is 0. The fraction of sp³-hybridized carbons (Fsp3) is 0.286. The monoisotopic (exact) mass is 264 g/mol. The van der Waals surface area contributed by atoms with E-state index in [-0.39, 0.29) is 5.82 Å². The molecular formula is C14H17FN2S. The highest BCUT2D eigenvalue weighted by molar-refractivity contribution is 7.09. The Morgan fingerprint density at radius 2 is 2.11 bits per heavy atom. The van der Waals surface area contributed by atoms with Gasteiger partial charge in [-0.2, -0.15) is 0 Å². The summed E-state index contributed by atoms with van der Waals surface area (Å²) in [6, 6.07) is 9.36. The van der Waals surface area contributed by atoms with Crippen molar-refractivity contribution in [2.24, 2.45) is 0 Å². The number of benzene rings is 1. The molecule has 0 spiro atoms. The first-order valence-electron chi connectivity index (χ1n) is 5.88. The molecule has 4 heteroatoms. The van der Waals surface area contributed by atoms with Crippen LogP contribution in [0.15, 0.2) is 35.7 Å². The Morgan fingerprint density at radius 1 is 1.28 bits per heavy atom. The number of nitrogens with zero attached hydrogens (tertiary/aromatic N) is 1. The molecule has 0 unspecified atom stereocenters. The summed E-state index contributed by atoms with van der Waals surface area (Å²) >= 11 is 1.72. The van der Waals surface area contributed by atoms with Crippen molar-refractivity contribution in [3.05, 3.63) is 52.0 Å². The van der Waals surface area contributed by atoms with E-state index >= 15 is 0 Å². The van der Waals surface area contributed by atoms with Gasteiger partial charge in [0.15, 0.2) is 0 Å². The van der Waals surface area contributed by atoms with Gasteiger partial charge in [0.2, 0.25) is 0 Å². The summed E-state index contributed by atoms with van der Waals surface area (Å²) < 4.78 is 13.8. The Balaban J connectivity index is 2.23. The largest absolute Gasteiger partial charge is 0.369 e. The van der Waals surface area contributed by atoms with Crippen LogP contribution in [0.1, 0.15) is 10.4 Å². The number of thiophene rings is 1. The highest BCUT2D eigenvalue weighted by Gasteiger charge is 2.11. The van der Waals surface area contributed by atoms with E-state index in [9.17, 15) is 4.39 Å². The average molecular weight is 264 g/mol. The number of hydrogen-bond acceptors (Lipinski definition) is 3. The summed E-state index contributed by atoms with van der Waals surface area (Å²) in [6.45, 7) is 1.34. The number of rotatable bonds is 5. The Labute approximate surface area is 111 Å². The predicted octanol–water partition coefficient (Wildman–Crippen LogP) is 3.24. The van der Waals surface area contributed by atoms with Crippen molar-refractivity contribution in [2.75, 3.05) is 19.0 Å². The zero-order chi connectivity index (χ0) is 13.0. The standard InChI is InChI=1S/C14H17FN2S/c1-16-9-12-13(15)6-3-7-14(12)17(2)10-11-5-4-8-18-11/h3-8,16H,9-10H2,1-2H3. The SMILES string of the molecule is CNCc1c(F)cccc1N(C)Cc1cccs1. The van der Waals surface area contributed by atoms with E-state index in [1.165, 1.54) is 10.9 Å². The Bertz CT molecular complexity index is 497. The third kappa shape index (κ3) is 2.89. The Hall–Kier alpha value is -1.39. The van der Waals surface area contributed by atoms with Crippen LogP contribution in [0, 0.1) is 5.82 Å². The van der Waals surface area contributed by atoms with E-state index in [0.29, 0.717) is 6.54 Å². The molecule has 1 N–H and O–H groups in total. The van der Waals surface area contributed by atoms with E-state index in [1.54, 1.807) is 17.4 Å². The van der Waals surface area contributed by atoms with E-state index < -0.39 is 0 Å². The van der Waals surface area contributed by atoms with Gasteiger partial charge >= 0.3 is 0 Å². The minimum absolute atomic E-state index is 0.153. The Morgan fingerprint density at radius 3 is 2.78 bits per heavy atom. The third-order valence-corrected chi connectivity index (χ3v) is 3.69. The van der Waals surface area contributed by atoms with Gasteiger partial charge in [0.05, 0.1) is 6.54 Å². The number of anilines is 1. The molecule has 0 saturated heterocycles. The van der Waals surface area contributed by atoms with Crippen molar-refractivity contribution >= 4 is 17.0 Å². The summed E-state index contributed by atoms with van der Waals surface area (Å²) in [7, 11) is 3.82. The fourth-order valence-electron chi connectivity index (χ4n) is 1.98. The molecule has 0 amide bonds. The number of nitrogens with one attached hydrogen (secondary N) is 1. The van der Waals surface area contributed by atoms with Crippen LogP contribution in [-0.2, 0) is 13.1 Å². The Kier molecular flexibility index (Phi) is 4.33. The lowest BCUT2D eigenvalue weighted by Crippen LogP contribution is -2.20. The van der Waals surface area contributed by atoms with E-state index in [0.717, 1.165) is 17.8 Å². The molecule has 0 saturated carbocycles. The van der Waals surface area contributed by atoms with Crippen molar-refractivity contribution in [1.82, 2.24) is 5.32 Å². The van der Waals surface area contributed by atoms with Crippen LogP contribution in [-0.4, -0.2) is 14.1 Å². The molecule has 2 nitrogen and oxygen atoms in total. The van der Waals surface area contributed by atoms with E-state index in [4.69, 9.17) is 0 Å². The average Bonchev–Trinajstić information content (AvgIpc) is 2.84. The molecule has 0 radical (unpaired) electrons. The van der Waals surface area contributed by atoms with Crippen molar-refractivity contribution in [3.8, 4) is 0 Å². The molecule has 96 valence electrons. The van der Waals surface area contributed by atoms with Crippen molar-refractivity contribution in [2.45, 2.75) is 13.1 Å². The zero-order valence-corrected chi connectivity index (χ0v) is 11.4. The normalized spacial score (nSPS) is 10.6. The lowest BCUT2D eigenvalue weighted by Gasteiger charge is -2.22. The second-order valence-corrected chi connectivity index (χ2v) is 5.24. The lowest BCUT2D eigenvalue weighted by molar-refractivity contribution is 0.600. The van der Waals surface area contributed by atoms with Crippen LogP contribution < -0.4 is 10.2 Å². The quantitative estimate of drug-likeness (QED) is 0.892.